The highest BCUT2D eigenvalue weighted by molar-refractivity contribution is 9.10. The molecule has 8 heteroatoms. The highest BCUT2D eigenvalue weighted by atomic mass is 79.9. The quantitative estimate of drug-likeness (QED) is 0.834. The Morgan fingerprint density at radius 3 is 2.48 bits per heavy atom. The Bertz CT molecular complexity index is 742. The van der Waals surface area contributed by atoms with Crippen LogP contribution in [0.3, 0.4) is 0 Å². The number of aliphatic hydroxyl groups excluding tert-OH is 1. The summed E-state index contributed by atoms with van der Waals surface area (Å²) in [6.45, 7) is 2.97. The van der Waals surface area contributed by atoms with Gasteiger partial charge in [-0.05, 0) is 33.6 Å². The van der Waals surface area contributed by atoms with Gasteiger partial charge in [-0.1, -0.05) is 12.1 Å². The lowest BCUT2D eigenvalue weighted by Gasteiger charge is -2.35. The number of benzene rings is 1. The van der Waals surface area contributed by atoms with Crippen molar-refractivity contribution in [2.45, 2.75) is 6.10 Å². The van der Waals surface area contributed by atoms with E-state index in [1.807, 2.05) is 0 Å². The highest BCUT2D eigenvalue weighted by Gasteiger charge is 2.26. The van der Waals surface area contributed by atoms with Gasteiger partial charge in [0, 0.05) is 46.0 Å². The molecule has 1 aliphatic rings. The molecule has 0 radical (unpaired) electrons. The van der Waals surface area contributed by atoms with E-state index in [0.29, 0.717) is 48.5 Å². The minimum atomic E-state index is -0.673. The fourth-order valence-electron chi connectivity index (χ4n) is 2.92. The first kappa shape index (κ1) is 18.0. The summed E-state index contributed by atoms with van der Waals surface area (Å²) in [5, 5.41) is 14.5. The van der Waals surface area contributed by atoms with Crippen molar-refractivity contribution < 1.29 is 14.3 Å². The third-order valence-corrected chi connectivity index (χ3v) is 4.91. The number of carbonyl (C=O) groups excluding carboxylic acids is 1. The van der Waals surface area contributed by atoms with Crippen molar-refractivity contribution in [2.24, 2.45) is 7.05 Å². The van der Waals surface area contributed by atoms with E-state index in [1.165, 1.54) is 12.1 Å². The maximum Gasteiger partial charge on any atom is 0.275 e. The number of aryl methyl sites for hydroxylation is 1. The van der Waals surface area contributed by atoms with Crippen LogP contribution < -0.4 is 0 Å². The molecule has 0 aliphatic carbocycles. The van der Waals surface area contributed by atoms with Crippen LogP contribution in [0.25, 0.3) is 0 Å². The van der Waals surface area contributed by atoms with E-state index in [2.05, 4.69) is 25.9 Å². The molecule has 134 valence electrons. The summed E-state index contributed by atoms with van der Waals surface area (Å²) >= 11 is 3.36. The Morgan fingerprint density at radius 2 is 1.92 bits per heavy atom. The number of amides is 1. The molecule has 25 heavy (non-hydrogen) atoms. The van der Waals surface area contributed by atoms with E-state index in [9.17, 15) is 14.3 Å². The molecule has 1 amide bonds. The minimum absolute atomic E-state index is 0.0915. The average molecular weight is 411 g/mol. The van der Waals surface area contributed by atoms with Gasteiger partial charge in [0.1, 0.15) is 5.82 Å². The Labute approximate surface area is 154 Å². The molecular formula is C17H20BrFN4O2. The number of rotatable bonds is 4. The Kier molecular flexibility index (Phi) is 5.51. The second kappa shape index (κ2) is 7.63. The second-order valence-corrected chi connectivity index (χ2v) is 7.01. The summed E-state index contributed by atoms with van der Waals surface area (Å²) < 4.78 is 15.3. The number of aliphatic hydroxyl groups is 1. The van der Waals surface area contributed by atoms with Crippen molar-refractivity contribution in [2.75, 3.05) is 32.7 Å². The molecule has 1 aliphatic heterocycles. The fraction of sp³-hybridized carbons (Fsp3) is 0.412. The van der Waals surface area contributed by atoms with Gasteiger partial charge in [0.15, 0.2) is 5.69 Å². The van der Waals surface area contributed by atoms with Crippen LogP contribution in [0.1, 0.15) is 22.2 Å². The van der Waals surface area contributed by atoms with Gasteiger partial charge in [0.2, 0.25) is 0 Å². The van der Waals surface area contributed by atoms with Crippen molar-refractivity contribution in [3.05, 3.63) is 52.0 Å². The van der Waals surface area contributed by atoms with Gasteiger partial charge in [0.25, 0.3) is 5.91 Å². The molecule has 2 aromatic rings. The summed E-state index contributed by atoms with van der Waals surface area (Å²) in [7, 11) is 1.77. The maximum atomic E-state index is 13.0. The van der Waals surface area contributed by atoms with Crippen molar-refractivity contribution >= 4 is 21.8 Å². The first-order valence-corrected chi connectivity index (χ1v) is 8.87. The zero-order valence-electron chi connectivity index (χ0n) is 13.9. The van der Waals surface area contributed by atoms with Gasteiger partial charge in [-0.3, -0.25) is 14.4 Å². The molecule has 0 bridgehead atoms. The number of carbonyl (C=O) groups is 1. The van der Waals surface area contributed by atoms with Crippen LogP contribution in [0.5, 0.6) is 0 Å². The zero-order valence-corrected chi connectivity index (χ0v) is 15.5. The van der Waals surface area contributed by atoms with Crippen LogP contribution in [0, 0.1) is 5.82 Å². The number of hydrogen-bond acceptors (Lipinski definition) is 4. The van der Waals surface area contributed by atoms with E-state index in [-0.39, 0.29) is 11.7 Å². The van der Waals surface area contributed by atoms with E-state index in [0.717, 1.165) is 0 Å². The van der Waals surface area contributed by atoms with Gasteiger partial charge in [-0.25, -0.2) is 4.39 Å². The monoisotopic (exact) mass is 410 g/mol. The Balaban J connectivity index is 1.54. The molecule has 3 rings (SSSR count). The van der Waals surface area contributed by atoms with Crippen LogP contribution in [0.2, 0.25) is 0 Å². The van der Waals surface area contributed by atoms with Crippen LogP contribution in [0.4, 0.5) is 4.39 Å². The first-order valence-electron chi connectivity index (χ1n) is 8.08. The summed E-state index contributed by atoms with van der Waals surface area (Å²) in [4.78, 5) is 16.4. The molecule has 6 nitrogen and oxygen atoms in total. The van der Waals surface area contributed by atoms with Crippen molar-refractivity contribution in [1.82, 2.24) is 19.6 Å². The van der Waals surface area contributed by atoms with E-state index < -0.39 is 6.10 Å². The summed E-state index contributed by atoms with van der Waals surface area (Å²) in [5.41, 5.74) is 1.11. The predicted molar refractivity (Wildman–Crippen MR) is 94.6 cm³/mol. The number of halogens is 2. The molecule has 1 atom stereocenters. The van der Waals surface area contributed by atoms with Crippen molar-refractivity contribution in [1.29, 1.82) is 0 Å². The molecule has 1 unspecified atom stereocenters. The zero-order chi connectivity index (χ0) is 18.0. The van der Waals surface area contributed by atoms with Crippen LogP contribution in [0.15, 0.2) is 34.9 Å². The number of nitrogens with zero attached hydrogens (tertiary/aromatic N) is 4. The van der Waals surface area contributed by atoms with Gasteiger partial charge in [-0.15, -0.1) is 0 Å². The molecule has 2 heterocycles. The summed E-state index contributed by atoms with van der Waals surface area (Å²) in [5.74, 6) is -0.407. The summed E-state index contributed by atoms with van der Waals surface area (Å²) in [6, 6.07) is 5.89. The lowest BCUT2D eigenvalue weighted by Crippen LogP contribution is -2.49. The summed E-state index contributed by atoms with van der Waals surface area (Å²) in [6.07, 6.45) is 1.08. The van der Waals surface area contributed by atoms with E-state index >= 15 is 0 Å². The molecule has 1 N–H and O–H groups in total. The number of hydrogen-bond donors (Lipinski definition) is 1. The van der Waals surface area contributed by atoms with E-state index in [4.69, 9.17) is 0 Å². The smallest absolute Gasteiger partial charge is 0.275 e. The largest absolute Gasteiger partial charge is 0.387 e. The predicted octanol–water partition coefficient (Wildman–Crippen LogP) is 1.81. The van der Waals surface area contributed by atoms with Crippen LogP contribution in [-0.2, 0) is 7.05 Å². The SMILES string of the molecule is Cn1cc(Br)c(C(=O)N2CCN(CC(O)c3ccc(F)cc3)CC2)n1. The van der Waals surface area contributed by atoms with Crippen molar-refractivity contribution in [3.8, 4) is 0 Å². The lowest BCUT2D eigenvalue weighted by molar-refractivity contribution is 0.0521. The minimum Gasteiger partial charge on any atom is -0.387 e. The average Bonchev–Trinajstić information content (AvgIpc) is 2.94. The standard InChI is InChI=1S/C17H20BrFN4O2/c1-21-10-14(18)16(20-21)17(25)23-8-6-22(7-9-23)11-15(24)12-2-4-13(19)5-3-12/h2-5,10,15,24H,6-9,11H2,1H3. The highest BCUT2D eigenvalue weighted by Crippen LogP contribution is 2.19. The Morgan fingerprint density at radius 1 is 1.28 bits per heavy atom. The lowest BCUT2D eigenvalue weighted by atomic mass is 10.1. The molecule has 1 aromatic carbocycles. The molecule has 0 spiro atoms. The van der Waals surface area contributed by atoms with Crippen LogP contribution in [-0.4, -0.2) is 63.3 Å². The molecule has 1 saturated heterocycles. The number of β-amino-alcohol motifs (C(OH)–C–C–N with tert-alkyl or cyclic N) is 1. The third kappa shape index (κ3) is 4.26. The molecule has 0 saturated carbocycles. The second-order valence-electron chi connectivity index (χ2n) is 6.16. The Hall–Kier alpha value is -1.77. The topological polar surface area (TPSA) is 61.6 Å². The van der Waals surface area contributed by atoms with Gasteiger partial charge in [0.05, 0.1) is 10.6 Å². The van der Waals surface area contributed by atoms with Crippen LogP contribution >= 0.6 is 15.9 Å². The normalized spacial score (nSPS) is 16.9. The number of aromatic nitrogens is 2. The number of piperazine rings is 1. The molecule has 1 aromatic heterocycles. The fourth-order valence-corrected chi connectivity index (χ4v) is 3.47. The third-order valence-electron chi connectivity index (χ3n) is 4.33. The van der Waals surface area contributed by atoms with Gasteiger partial charge < -0.3 is 10.0 Å². The maximum absolute atomic E-state index is 13.0. The first-order chi connectivity index (χ1) is 11.9. The molecule has 1 fully saturated rings. The van der Waals surface area contributed by atoms with Gasteiger partial charge >= 0.3 is 0 Å². The van der Waals surface area contributed by atoms with Gasteiger partial charge in [-0.2, -0.15) is 5.10 Å². The molecular weight excluding hydrogens is 391 g/mol. The van der Waals surface area contributed by atoms with E-state index in [1.54, 1.807) is 35.0 Å². The van der Waals surface area contributed by atoms with Crippen molar-refractivity contribution in [3.63, 3.8) is 0 Å².